The van der Waals surface area contributed by atoms with Crippen LogP contribution in [0.5, 0.6) is 0 Å². The van der Waals surface area contributed by atoms with E-state index < -0.39 is 0 Å². The van der Waals surface area contributed by atoms with Gasteiger partial charge >= 0.3 is 0 Å². The standard InChI is InChI=1S/C13H19BrN2OS/c1-9(2)16(8-10-4-3-7-15-10)13(17)11-5-6-12(14)18-11/h5-6,9-10,15H,3-4,7-8H2,1-2H3. The van der Waals surface area contributed by atoms with Crippen molar-refractivity contribution >= 4 is 33.2 Å². The van der Waals surface area contributed by atoms with Crippen molar-refractivity contribution in [3.63, 3.8) is 0 Å². The lowest BCUT2D eigenvalue weighted by molar-refractivity contribution is 0.0694. The quantitative estimate of drug-likeness (QED) is 0.919. The maximum atomic E-state index is 12.5. The van der Waals surface area contributed by atoms with E-state index in [1.54, 1.807) is 0 Å². The third-order valence-corrected chi connectivity index (χ3v) is 4.86. The van der Waals surface area contributed by atoms with Crippen LogP contribution in [0, 0.1) is 0 Å². The molecule has 3 nitrogen and oxygen atoms in total. The molecule has 0 radical (unpaired) electrons. The molecular weight excluding hydrogens is 312 g/mol. The van der Waals surface area contributed by atoms with Gasteiger partial charge in [0.05, 0.1) is 8.66 Å². The maximum Gasteiger partial charge on any atom is 0.264 e. The minimum atomic E-state index is 0.148. The molecule has 1 aromatic rings. The highest BCUT2D eigenvalue weighted by Gasteiger charge is 2.25. The molecule has 1 saturated heterocycles. The molecule has 0 saturated carbocycles. The van der Waals surface area contributed by atoms with E-state index in [2.05, 4.69) is 35.1 Å². The zero-order valence-electron chi connectivity index (χ0n) is 10.8. The second-order valence-electron chi connectivity index (χ2n) is 4.95. The van der Waals surface area contributed by atoms with E-state index in [1.165, 1.54) is 24.2 Å². The van der Waals surface area contributed by atoms with Crippen molar-refractivity contribution in [2.45, 2.75) is 38.8 Å². The molecule has 1 N–H and O–H groups in total. The zero-order chi connectivity index (χ0) is 13.1. The van der Waals surface area contributed by atoms with Gasteiger partial charge in [0, 0.05) is 18.6 Å². The minimum absolute atomic E-state index is 0.148. The van der Waals surface area contributed by atoms with Crippen molar-refractivity contribution in [3.8, 4) is 0 Å². The Hall–Kier alpha value is -0.390. The van der Waals surface area contributed by atoms with Crippen LogP contribution >= 0.6 is 27.3 Å². The Morgan fingerprint density at radius 2 is 2.39 bits per heavy atom. The second-order valence-corrected chi connectivity index (χ2v) is 7.41. The third-order valence-electron chi connectivity index (χ3n) is 3.25. The van der Waals surface area contributed by atoms with Gasteiger partial charge in [-0.2, -0.15) is 0 Å². The summed E-state index contributed by atoms with van der Waals surface area (Å²) in [6.07, 6.45) is 2.39. The van der Waals surface area contributed by atoms with E-state index in [0.717, 1.165) is 21.8 Å². The number of amides is 1. The van der Waals surface area contributed by atoms with Gasteiger partial charge in [-0.25, -0.2) is 0 Å². The van der Waals surface area contributed by atoms with E-state index in [-0.39, 0.29) is 11.9 Å². The molecule has 5 heteroatoms. The summed E-state index contributed by atoms with van der Waals surface area (Å²) in [5.74, 6) is 0.148. The summed E-state index contributed by atoms with van der Waals surface area (Å²) in [5.41, 5.74) is 0. The fraction of sp³-hybridized carbons (Fsp3) is 0.615. The number of halogens is 1. The average molecular weight is 331 g/mol. The van der Waals surface area contributed by atoms with Crippen LogP contribution in [0.2, 0.25) is 0 Å². The van der Waals surface area contributed by atoms with Gasteiger partial charge in [-0.3, -0.25) is 4.79 Å². The van der Waals surface area contributed by atoms with Crippen molar-refractivity contribution in [2.75, 3.05) is 13.1 Å². The second kappa shape index (κ2) is 6.17. The first-order valence-corrected chi connectivity index (χ1v) is 7.98. The first kappa shape index (κ1) is 14.0. The fourth-order valence-electron chi connectivity index (χ4n) is 2.25. The number of hydrogen-bond acceptors (Lipinski definition) is 3. The molecule has 0 aromatic carbocycles. The van der Waals surface area contributed by atoms with Crippen LogP contribution in [-0.2, 0) is 0 Å². The Morgan fingerprint density at radius 3 is 2.89 bits per heavy atom. The zero-order valence-corrected chi connectivity index (χ0v) is 13.2. The minimum Gasteiger partial charge on any atom is -0.334 e. The Balaban J connectivity index is 2.06. The first-order chi connectivity index (χ1) is 8.58. The van der Waals surface area contributed by atoms with Gasteiger partial charge in [0.25, 0.3) is 5.91 Å². The monoisotopic (exact) mass is 330 g/mol. The summed E-state index contributed by atoms with van der Waals surface area (Å²) < 4.78 is 1.01. The normalized spacial score (nSPS) is 19.4. The summed E-state index contributed by atoms with van der Waals surface area (Å²) in [6.45, 7) is 6.05. The molecule has 1 atom stereocenters. The number of thiophene rings is 1. The highest BCUT2D eigenvalue weighted by Crippen LogP contribution is 2.24. The van der Waals surface area contributed by atoms with Crippen molar-refractivity contribution in [1.29, 1.82) is 0 Å². The number of nitrogens with zero attached hydrogens (tertiary/aromatic N) is 1. The molecular formula is C13H19BrN2OS. The van der Waals surface area contributed by atoms with Gasteiger partial charge in [0.15, 0.2) is 0 Å². The van der Waals surface area contributed by atoms with Crippen molar-refractivity contribution < 1.29 is 4.79 Å². The van der Waals surface area contributed by atoms with Crippen molar-refractivity contribution in [1.82, 2.24) is 10.2 Å². The molecule has 18 heavy (non-hydrogen) atoms. The van der Waals surface area contributed by atoms with Crippen LogP contribution in [0.1, 0.15) is 36.4 Å². The van der Waals surface area contributed by atoms with Crippen molar-refractivity contribution in [3.05, 3.63) is 20.8 Å². The number of nitrogens with one attached hydrogen (secondary N) is 1. The highest BCUT2D eigenvalue weighted by molar-refractivity contribution is 9.11. The molecule has 1 fully saturated rings. The number of carbonyl (C=O) groups excluding carboxylic acids is 1. The molecule has 1 amide bonds. The van der Waals surface area contributed by atoms with Gasteiger partial charge in [0.2, 0.25) is 0 Å². The Kier molecular flexibility index (Phi) is 4.81. The molecule has 0 bridgehead atoms. The average Bonchev–Trinajstić information content (AvgIpc) is 2.95. The topological polar surface area (TPSA) is 32.3 Å². The molecule has 2 heterocycles. The lowest BCUT2D eigenvalue weighted by atomic mass is 10.2. The Morgan fingerprint density at radius 1 is 1.61 bits per heavy atom. The number of carbonyl (C=O) groups is 1. The molecule has 0 aliphatic carbocycles. The van der Waals surface area contributed by atoms with Crippen LogP contribution < -0.4 is 5.32 Å². The predicted molar refractivity (Wildman–Crippen MR) is 79.2 cm³/mol. The summed E-state index contributed by atoms with van der Waals surface area (Å²) in [4.78, 5) is 15.3. The highest BCUT2D eigenvalue weighted by atomic mass is 79.9. The maximum absolute atomic E-state index is 12.5. The number of hydrogen-bond donors (Lipinski definition) is 1. The summed E-state index contributed by atoms with van der Waals surface area (Å²) in [7, 11) is 0. The van der Waals surface area contributed by atoms with Crippen LogP contribution in [0.4, 0.5) is 0 Å². The van der Waals surface area contributed by atoms with E-state index in [0.29, 0.717) is 6.04 Å². The summed E-state index contributed by atoms with van der Waals surface area (Å²) >= 11 is 4.91. The van der Waals surface area contributed by atoms with Crippen LogP contribution in [0.25, 0.3) is 0 Å². The van der Waals surface area contributed by atoms with E-state index >= 15 is 0 Å². The molecule has 1 unspecified atom stereocenters. The lowest BCUT2D eigenvalue weighted by Gasteiger charge is -2.29. The molecule has 1 aromatic heterocycles. The van der Waals surface area contributed by atoms with E-state index in [9.17, 15) is 4.79 Å². The summed E-state index contributed by atoms with van der Waals surface area (Å²) in [5, 5.41) is 3.45. The molecule has 0 spiro atoms. The molecule has 2 rings (SSSR count). The first-order valence-electron chi connectivity index (χ1n) is 6.37. The summed E-state index contributed by atoms with van der Waals surface area (Å²) in [6, 6.07) is 4.53. The lowest BCUT2D eigenvalue weighted by Crippen LogP contribution is -2.44. The van der Waals surface area contributed by atoms with Gasteiger partial charge in [0.1, 0.15) is 0 Å². The third kappa shape index (κ3) is 3.33. The molecule has 1 aliphatic rings. The van der Waals surface area contributed by atoms with E-state index in [4.69, 9.17) is 0 Å². The van der Waals surface area contributed by atoms with Crippen LogP contribution in [0.15, 0.2) is 15.9 Å². The van der Waals surface area contributed by atoms with Gasteiger partial charge in [-0.1, -0.05) is 0 Å². The molecule has 100 valence electrons. The Bertz CT molecular complexity index is 413. The van der Waals surface area contributed by atoms with Gasteiger partial charge in [-0.05, 0) is 61.3 Å². The van der Waals surface area contributed by atoms with Gasteiger partial charge in [-0.15, -0.1) is 11.3 Å². The van der Waals surface area contributed by atoms with Crippen LogP contribution in [0.3, 0.4) is 0 Å². The van der Waals surface area contributed by atoms with Crippen LogP contribution in [-0.4, -0.2) is 36.0 Å². The predicted octanol–water partition coefficient (Wildman–Crippen LogP) is 3.11. The largest absolute Gasteiger partial charge is 0.334 e. The Labute approximate surface area is 121 Å². The van der Waals surface area contributed by atoms with Crippen molar-refractivity contribution in [2.24, 2.45) is 0 Å². The fourth-order valence-corrected chi connectivity index (χ4v) is 3.59. The SMILES string of the molecule is CC(C)N(CC1CCCN1)C(=O)c1ccc(Br)s1. The van der Waals surface area contributed by atoms with E-state index in [1.807, 2.05) is 17.0 Å². The molecule has 1 aliphatic heterocycles. The smallest absolute Gasteiger partial charge is 0.264 e. The number of rotatable bonds is 4. The van der Waals surface area contributed by atoms with Gasteiger partial charge < -0.3 is 10.2 Å².